The van der Waals surface area contributed by atoms with Crippen LogP contribution in [0, 0.1) is 0 Å². The summed E-state index contributed by atoms with van der Waals surface area (Å²) in [6.07, 6.45) is 1.67. The number of hydrogen-bond acceptors (Lipinski definition) is 3. The Morgan fingerprint density at radius 1 is 1.32 bits per heavy atom. The van der Waals surface area contributed by atoms with Crippen molar-refractivity contribution >= 4 is 40.5 Å². The average Bonchev–Trinajstić information content (AvgIpc) is 2.66. The van der Waals surface area contributed by atoms with Crippen LogP contribution in [0.15, 0.2) is 72.5 Å². The molecule has 0 spiro atoms. The summed E-state index contributed by atoms with van der Waals surface area (Å²) in [5.41, 5.74) is 2.61. The van der Waals surface area contributed by atoms with E-state index >= 15 is 0 Å². The Morgan fingerprint density at radius 2 is 2.11 bits per heavy atom. The van der Waals surface area contributed by atoms with E-state index in [1.807, 2.05) is 31.2 Å². The van der Waals surface area contributed by atoms with E-state index < -0.39 is 6.04 Å². The van der Waals surface area contributed by atoms with Crippen LogP contribution in [0.5, 0.6) is 5.75 Å². The van der Waals surface area contributed by atoms with Crippen molar-refractivity contribution in [1.82, 2.24) is 10.6 Å². The van der Waals surface area contributed by atoms with Gasteiger partial charge in [0.1, 0.15) is 12.4 Å². The molecule has 1 atom stereocenters. The van der Waals surface area contributed by atoms with Gasteiger partial charge in [0.15, 0.2) is 5.11 Å². The number of anilines is 1. The molecule has 1 aliphatic heterocycles. The van der Waals surface area contributed by atoms with Gasteiger partial charge in [0.05, 0.1) is 11.6 Å². The fraction of sp³-hybridized carbons (Fsp3) is 0.143. The maximum absolute atomic E-state index is 13.1. The zero-order chi connectivity index (χ0) is 20.1. The van der Waals surface area contributed by atoms with Crippen molar-refractivity contribution in [2.24, 2.45) is 0 Å². The number of amides is 1. The van der Waals surface area contributed by atoms with Crippen LogP contribution >= 0.6 is 23.8 Å². The average molecular weight is 414 g/mol. The van der Waals surface area contributed by atoms with Gasteiger partial charge >= 0.3 is 0 Å². The van der Waals surface area contributed by atoms with Crippen LogP contribution in [0.2, 0.25) is 5.02 Å². The molecule has 0 aromatic heterocycles. The highest BCUT2D eigenvalue weighted by Gasteiger charge is 2.31. The molecule has 144 valence electrons. The molecule has 0 fully saturated rings. The summed E-state index contributed by atoms with van der Waals surface area (Å²) in [5, 5.41) is 10.1. The molecule has 0 saturated carbocycles. The fourth-order valence-electron chi connectivity index (χ4n) is 2.99. The van der Waals surface area contributed by atoms with Crippen LogP contribution in [0.4, 0.5) is 5.69 Å². The van der Waals surface area contributed by atoms with E-state index in [1.165, 1.54) is 0 Å². The third-order valence-corrected chi connectivity index (χ3v) is 4.64. The van der Waals surface area contributed by atoms with Gasteiger partial charge in [0.25, 0.3) is 5.91 Å². The number of benzene rings is 2. The summed E-state index contributed by atoms with van der Waals surface area (Å²) in [7, 11) is 0. The van der Waals surface area contributed by atoms with Crippen LogP contribution < -0.4 is 20.7 Å². The highest BCUT2D eigenvalue weighted by Crippen LogP contribution is 2.33. The van der Waals surface area contributed by atoms with E-state index in [0.29, 0.717) is 39.4 Å². The Hall–Kier alpha value is -2.83. The highest BCUT2D eigenvalue weighted by molar-refractivity contribution is 7.80. The maximum atomic E-state index is 13.1. The Bertz CT molecular complexity index is 958. The Labute approximate surface area is 174 Å². The molecule has 2 aromatic rings. The molecular formula is C21H20ClN3O2S. The van der Waals surface area contributed by atoms with Crippen LogP contribution in [0.25, 0.3) is 0 Å². The first-order valence-electron chi connectivity index (χ1n) is 8.67. The standard InChI is InChI=1S/C21H20ClN3O2S/c1-3-11-27-17-10-5-4-9-16(17)19-18(13(2)23-21(28)25-19)20(26)24-15-8-6-7-14(22)12-15/h3-10,12,19H,1,11H2,2H3,(H,24,26)(H2,23,25,28). The van der Waals surface area contributed by atoms with E-state index in [0.717, 1.165) is 5.56 Å². The molecule has 0 saturated heterocycles. The predicted octanol–water partition coefficient (Wildman–Crippen LogP) is 4.34. The topological polar surface area (TPSA) is 62.4 Å². The SMILES string of the molecule is C=CCOc1ccccc1C1NC(=S)NC(C)=C1C(=O)Nc1cccc(Cl)c1. The normalized spacial score (nSPS) is 16.1. The van der Waals surface area contributed by atoms with Crippen molar-refractivity contribution < 1.29 is 9.53 Å². The van der Waals surface area contributed by atoms with Gasteiger partial charge in [-0.1, -0.05) is 48.5 Å². The van der Waals surface area contributed by atoms with Crippen molar-refractivity contribution in [2.45, 2.75) is 13.0 Å². The third-order valence-electron chi connectivity index (χ3n) is 4.18. The van der Waals surface area contributed by atoms with E-state index in [9.17, 15) is 4.79 Å². The smallest absolute Gasteiger partial charge is 0.255 e. The lowest BCUT2D eigenvalue weighted by atomic mass is 9.94. The summed E-state index contributed by atoms with van der Waals surface area (Å²) in [4.78, 5) is 13.1. The largest absolute Gasteiger partial charge is 0.489 e. The maximum Gasteiger partial charge on any atom is 0.255 e. The van der Waals surface area contributed by atoms with Gasteiger partial charge < -0.3 is 20.7 Å². The van der Waals surface area contributed by atoms with Crippen LogP contribution in [0.1, 0.15) is 18.5 Å². The van der Waals surface area contributed by atoms with Gasteiger partial charge in [-0.05, 0) is 43.4 Å². The number of rotatable bonds is 6. The number of para-hydroxylation sites is 1. The zero-order valence-corrected chi connectivity index (χ0v) is 16.9. The molecule has 7 heteroatoms. The number of thiocarbonyl (C=S) groups is 1. The summed E-state index contributed by atoms with van der Waals surface area (Å²) >= 11 is 11.3. The van der Waals surface area contributed by atoms with Crippen molar-refractivity contribution in [2.75, 3.05) is 11.9 Å². The Balaban J connectivity index is 1.97. The summed E-state index contributed by atoms with van der Waals surface area (Å²) < 4.78 is 5.78. The number of hydrogen-bond donors (Lipinski definition) is 3. The lowest BCUT2D eigenvalue weighted by molar-refractivity contribution is -0.113. The van der Waals surface area contributed by atoms with Gasteiger partial charge in [-0.15, -0.1) is 0 Å². The molecule has 1 aliphatic rings. The van der Waals surface area contributed by atoms with E-state index in [1.54, 1.807) is 30.3 Å². The molecule has 5 nitrogen and oxygen atoms in total. The predicted molar refractivity (Wildman–Crippen MR) is 117 cm³/mol. The summed E-state index contributed by atoms with van der Waals surface area (Å²) in [5.74, 6) is 0.399. The fourth-order valence-corrected chi connectivity index (χ4v) is 3.45. The van der Waals surface area contributed by atoms with Crippen molar-refractivity contribution in [3.8, 4) is 5.75 Å². The lowest BCUT2D eigenvalue weighted by Crippen LogP contribution is -2.45. The molecule has 3 rings (SSSR count). The number of ether oxygens (including phenoxy) is 1. The quantitative estimate of drug-likeness (QED) is 0.486. The van der Waals surface area contributed by atoms with E-state index in [4.69, 9.17) is 28.6 Å². The van der Waals surface area contributed by atoms with Crippen LogP contribution in [-0.2, 0) is 4.79 Å². The number of carbonyl (C=O) groups excluding carboxylic acids is 1. The first-order chi connectivity index (χ1) is 13.5. The van der Waals surface area contributed by atoms with Gasteiger partial charge in [-0.25, -0.2) is 0 Å². The minimum absolute atomic E-state index is 0.259. The first kappa shape index (κ1) is 19.9. The minimum Gasteiger partial charge on any atom is -0.489 e. The minimum atomic E-state index is -0.464. The molecular weight excluding hydrogens is 394 g/mol. The van der Waals surface area contributed by atoms with Crippen LogP contribution in [-0.4, -0.2) is 17.6 Å². The highest BCUT2D eigenvalue weighted by atomic mass is 35.5. The van der Waals surface area contributed by atoms with Gasteiger partial charge in [-0.2, -0.15) is 0 Å². The second-order valence-electron chi connectivity index (χ2n) is 6.17. The van der Waals surface area contributed by atoms with Crippen molar-refractivity contribution in [1.29, 1.82) is 0 Å². The molecule has 0 radical (unpaired) electrons. The third kappa shape index (κ3) is 4.52. The molecule has 1 unspecified atom stereocenters. The molecule has 2 aromatic carbocycles. The zero-order valence-electron chi connectivity index (χ0n) is 15.3. The first-order valence-corrected chi connectivity index (χ1v) is 9.46. The molecule has 1 amide bonds. The summed E-state index contributed by atoms with van der Waals surface area (Å²) in [6, 6.07) is 14.1. The second kappa shape index (κ2) is 8.91. The van der Waals surface area contributed by atoms with Crippen LogP contribution in [0.3, 0.4) is 0 Å². The lowest BCUT2D eigenvalue weighted by Gasteiger charge is -2.31. The molecule has 1 heterocycles. The van der Waals surface area contributed by atoms with Crippen molar-refractivity contribution in [3.05, 3.63) is 83.0 Å². The molecule has 0 aliphatic carbocycles. The monoisotopic (exact) mass is 413 g/mol. The number of nitrogens with one attached hydrogen (secondary N) is 3. The molecule has 3 N–H and O–H groups in total. The van der Waals surface area contributed by atoms with Crippen molar-refractivity contribution in [3.63, 3.8) is 0 Å². The molecule has 28 heavy (non-hydrogen) atoms. The number of carbonyl (C=O) groups is 1. The molecule has 0 bridgehead atoms. The summed E-state index contributed by atoms with van der Waals surface area (Å²) in [6.45, 7) is 5.86. The number of halogens is 1. The van der Waals surface area contributed by atoms with Gasteiger partial charge in [0, 0.05) is 22.0 Å². The number of allylic oxidation sites excluding steroid dienone is 1. The Kier molecular flexibility index (Phi) is 6.34. The van der Waals surface area contributed by atoms with Gasteiger partial charge in [0.2, 0.25) is 0 Å². The van der Waals surface area contributed by atoms with Gasteiger partial charge in [-0.3, -0.25) is 4.79 Å². The van der Waals surface area contributed by atoms with E-state index in [-0.39, 0.29) is 5.91 Å². The second-order valence-corrected chi connectivity index (χ2v) is 7.02. The van der Waals surface area contributed by atoms with E-state index in [2.05, 4.69) is 22.5 Å². The Morgan fingerprint density at radius 3 is 2.86 bits per heavy atom.